The Kier molecular flexibility index (Phi) is 5.96. The largest absolute Gasteiger partial charge is 0.488 e. The van der Waals surface area contributed by atoms with E-state index in [9.17, 15) is 4.39 Å². The van der Waals surface area contributed by atoms with Crippen molar-refractivity contribution in [2.45, 2.75) is 39.3 Å². The predicted molar refractivity (Wildman–Crippen MR) is 81.8 cm³/mol. The smallest absolute Gasteiger partial charge is 0.165 e. The van der Waals surface area contributed by atoms with Crippen molar-refractivity contribution in [3.8, 4) is 5.75 Å². The molecule has 0 aliphatic carbocycles. The van der Waals surface area contributed by atoms with Gasteiger partial charge in [-0.05, 0) is 47.5 Å². The second-order valence-corrected chi connectivity index (χ2v) is 5.93. The van der Waals surface area contributed by atoms with Gasteiger partial charge in [-0.25, -0.2) is 4.39 Å². The topological polar surface area (TPSA) is 24.5 Å². The highest BCUT2D eigenvalue weighted by Crippen LogP contribution is 2.29. The Morgan fingerprint density at radius 3 is 2.55 bits per heavy atom. The Morgan fingerprint density at radius 1 is 1.35 bits per heavy atom. The van der Waals surface area contributed by atoms with Crippen molar-refractivity contribution < 1.29 is 9.13 Å². The third-order valence-electron chi connectivity index (χ3n) is 3.75. The van der Waals surface area contributed by atoms with Crippen molar-refractivity contribution in [2.24, 2.45) is 0 Å². The summed E-state index contributed by atoms with van der Waals surface area (Å²) in [6, 6.07) is 5.14. The molecule has 1 aromatic rings. The maximum atomic E-state index is 14.1. The lowest BCUT2D eigenvalue weighted by atomic mass is 10.0. The maximum Gasteiger partial charge on any atom is 0.165 e. The van der Waals surface area contributed by atoms with Crippen LogP contribution in [0.3, 0.4) is 0 Å². The Hall–Kier alpha value is -1.13. The molecule has 3 nitrogen and oxygen atoms in total. The summed E-state index contributed by atoms with van der Waals surface area (Å²) in [4.78, 5) is 2.07. The number of hydrogen-bond donors (Lipinski definition) is 1. The van der Waals surface area contributed by atoms with E-state index in [-0.39, 0.29) is 17.4 Å². The molecule has 20 heavy (non-hydrogen) atoms. The van der Waals surface area contributed by atoms with Gasteiger partial charge >= 0.3 is 0 Å². The number of ether oxygens (including phenoxy) is 1. The van der Waals surface area contributed by atoms with Crippen molar-refractivity contribution in [3.05, 3.63) is 29.6 Å². The molecule has 0 radical (unpaired) electrons. The van der Waals surface area contributed by atoms with Gasteiger partial charge in [-0.3, -0.25) is 0 Å². The van der Waals surface area contributed by atoms with Crippen LogP contribution in [0.5, 0.6) is 5.75 Å². The average molecular weight is 282 g/mol. The molecular weight excluding hydrogens is 255 g/mol. The Labute approximate surface area is 122 Å². The minimum absolute atomic E-state index is 0.0631. The van der Waals surface area contributed by atoms with Crippen LogP contribution < -0.4 is 10.1 Å². The molecule has 0 aliphatic rings. The zero-order chi connectivity index (χ0) is 15.3. The first-order valence-electron chi connectivity index (χ1n) is 7.11. The van der Waals surface area contributed by atoms with E-state index < -0.39 is 0 Å². The average Bonchev–Trinajstić information content (AvgIpc) is 2.37. The number of rotatable bonds is 7. The van der Waals surface area contributed by atoms with Crippen LogP contribution in [0.25, 0.3) is 0 Å². The Balaban J connectivity index is 2.94. The van der Waals surface area contributed by atoms with Crippen LogP contribution in [0.1, 0.15) is 39.3 Å². The van der Waals surface area contributed by atoms with E-state index in [0.717, 1.165) is 12.1 Å². The molecule has 4 heteroatoms. The van der Waals surface area contributed by atoms with E-state index >= 15 is 0 Å². The number of para-hydroxylation sites is 1. The second kappa shape index (κ2) is 7.04. The standard InChI is InChI=1S/C16H27FN2O/c1-7-18-12(2)13-9-8-10-14(17)15(13)20-11-16(3,4)19(5)6/h8-10,12,18H,7,11H2,1-6H3. The summed E-state index contributed by atoms with van der Waals surface area (Å²) in [5.41, 5.74) is 0.711. The first-order valence-corrected chi connectivity index (χ1v) is 7.11. The number of nitrogens with one attached hydrogen (secondary N) is 1. The number of benzene rings is 1. The van der Waals surface area contributed by atoms with Crippen LogP contribution in [0, 0.1) is 5.82 Å². The van der Waals surface area contributed by atoms with Gasteiger partial charge in [0.2, 0.25) is 0 Å². The summed E-state index contributed by atoms with van der Waals surface area (Å²) in [5, 5.41) is 3.29. The highest BCUT2D eigenvalue weighted by Gasteiger charge is 2.23. The normalized spacial score (nSPS) is 13.6. The fraction of sp³-hybridized carbons (Fsp3) is 0.625. The van der Waals surface area contributed by atoms with Gasteiger partial charge < -0.3 is 15.0 Å². The molecule has 1 N–H and O–H groups in total. The highest BCUT2D eigenvalue weighted by atomic mass is 19.1. The first-order chi connectivity index (χ1) is 9.29. The third-order valence-corrected chi connectivity index (χ3v) is 3.75. The molecule has 1 rings (SSSR count). The molecular formula is C16H27FN2O. The van der Waals surface area contributed by atoms with E-state index in [1.165, 1.54) is 6.07 Å². The lowest BCUT2D eigenvalue weighted by Gasteiger charge is -2.32. The van der Waals surface area contributed by atoms with Crippen LogP contribution in [-0.4, -0.2) is 37.7 Å². The van der Waals surface area contributed by atoms with Gasteiger partial charge in [0.25, 0.3) is 0 Å². The van der Waals surface area contributed by atoms with Gasteiger partial charge in [-0.2, -0.15) is 0 Å². The zero-order valence-electron chi connectivity index (χ0n) is 13.5. The van der Waals surface area contributed by atoms with Crippen LogP contribution in [0.15, 0.2) is 18.2 Å². The number of likely N-dealkylation sites (N-methyl/N-ethyl adjacent to an activating group) is 1. The molecule has 0 fully saturated rings. The Morgan fingerprint density at radius 2 is 2.00 bits per heavy atom. The summed E-state index contributed by atoms with van der Waals surface area (Å²) in [5.74, 6) is 0.0534. The monoisotopic (exact) mass is 282 g/mol. The van der Waals surface area contributed by atoms with Crippen molar-refractivity contribution in [2.75, 3.05) is 27.2 Å². The quantitative estimate of drug-likeness (QED) is 0.831. The molecule has 114 valence electrons. The summed E-state index contributed by atoms with van der Waals surface area (Å²) < 4.78 is 19.9. The molecule has 0 saturated heterocycles. The molecule has 1 unspecified atom stereocenters. The lowest BCUT2D eigenvalue weighted by molar-refractivity contribution is 0.110. The van der Waals surface area contributed by atoms with Gasteiger partial charge in [0.1, 0.15) is 6.61 Å². The third kappa shape index (κ3) is 4.18. The number of halogens is 1. The summed E-state index contributed by atoms with van der Waals surface area (Å²) >= 11 is 0. The number of nitrogens with zero attached hydrogens (tertiary/aromatic N) is 1. The van der Waals surface area contributed by atoms with Crippen LogP contribution in [0.2, 0.25) is 0 Å². The molecule has 0 spiro atoms. The summed E-state index contributed by atoms with van der Waals surface area (Å²) in [7, 11) is 3.99. The highest BCUT2D eigenvalue weighted by molar-refractivity contribution is 5.37. The molecule has 0 heterocycles. The molecule has 1 atom stereocenters. The molecule has 0 saturated carbocycles. The summed E-state index contributed by atoms with van der Waals surface area (Å²) in [6.45, 7) is 9.46. The molecule has 0 bridgehead atoms. The number of hydrogen-bond acceptors (Lipinski definition) is 3. The second-order valence-electron chi connectivity index (χ2n) is 5.93. The Bertz CT molecular complexity index is 432. The van der Waals surface area contributed by atoms with Gasteiger partial charge in [-0.1, -0.05) is 19.1 Å². The van der Waals surface area contributed by atoms with Crippen LogP contribution in [-0.2, 0) is 0 Å². The van der Waals surface area contributed by atoms with Gasteiger partial charge in [0, 0.05) is 17.1 Å². The fourth-order valence-electron chi connectivity index (χ4n) is 1.81. The molecule has 1 aromatic carbocycles. The van der Waals surface area contributed by atoms with E-state index in [1.807, 2.05) is 34.0 Å². The van der Waals surface area contributed by atoms with Gasteiger partial charge in [0.05, 0.1) is 0 Å². The van der Waals surface area contributed by atoms with E-state index in [4.69, 9.17) is 4.74 Å². The van der Waals surface area contributed by atoms with Crippen LogP contribution >= 0.6 is 0 Å². The minimum atomic E-state index is -0.304. The molecule has 0 amide bonds. The minimum Gasteiger partial charge on any atom is -0.488 e. The van der Waals surface area contributed by atoms with Gasteiger partial charge in [0.15, 0.2) is 11.6 Å². The maximum absolute atomic E-state index is 14.1. The van der Waals surface area contributed by atoms with Crippen molar-refractivity contribution >= 4 is 0 Å². The molecule has 0 aromatic heterocycles. The van der Waals surface area contributed by atoms with Crippen LogP contribution in [0.4, 0.5) is 4.39 Å². The van der Waals surface area contributed by atoms with E-state index in [2.05, 4.69) is 24.1 Å². The fourth-order valence-corrected chi connectivity index (χ4v) is 1.81. The molecule has 0 aliphatic heterocycles. The lowest BCUT2D eigenvalue weighted by Crippen LogP contribution is -2.43. The van der Waals surface area contributed by atoms with Gasteiger partial charge in [-0.15, -0.1) is 0 Å². The van der Waals surface area contributed by atoms with E-state index in [1.54, 1.807) is 6.07 Å². The zero-order valence-corrected chi connectivity index (χ0v) is 13.5. The van der Waals surface area contributed by atoms with Crippen molar-refractivity contribution in [1.29, 1.82) is 0 Å². The SMILES string of the molecule is CCNC(C)c1cccc(F)c1OCC(C)(C)N(C)C. The van der Waals surface area contributed by atoms with E-state index in [0.29, 0.717) is 12.4 Å². The van der Waals surface area contributed by atoms with Crippen molar-refractivity contribution in [1.82, 2.24) is 10.2 Å². The predicted octanol–water partition coefficient (Wildman–Crippen LogP) is 3.22. The van der Waals surface area contributed by atoms with Crippen molar-refractivity contribution in [3.63, 3.8) is 0 Å². The summed E-state index contributed by atoms with van der Waals surface area (Å²) in [6.07, 6.45) is 0. The first kappa shape index (κ1) is 16.9.